The van der Waals surface area contributed by atoms with Crippen LogP contribution in [0, 0.1) is 12.7 Å². The number of carbonyl (C=O) groups excluding carboxylic acids is 1. The lowest BCUT2D eigenvalue weighted by Gasteiger charge is -2.06. The van der Waals surface area contributed by atoms with Crippen molar-refractivity contribution < 1.29 is 9.18 Å². The van der Waals surface area contributed by atoms with Gasteiger partial charge in [-0.3, -0.25) is 14.6 Å². The van der Waals surface area contributed by atoms with Crippen LogP contribution in [0.2, 0.25) is 0 Å². The van der Waals surface area contributed by atoms with Gasteiger partial charge in [0.2, 0.25) is 5.91 Å². The first-order chi connectivity index (χ1) is 16.0. The van der Waals surface area contributed by atoms with E-state index < -0.39 is 0 Å². The number of nitrogens with one attached hydrogen (secondary N) is 2. The van der Waals surface area contributed by atoms with Crippen molar-refractivity contribution in [2.24, 2.45) is 0 Å². The highest BCUT2D eigenvalue weighted by molar-refractivity contribution is 8.00. The molecule has 1 aromatic carbocycles. The number of pyridine rings is 1. The Morgan fingerprint density at radius 3 is 2.48 bits per heavy atom. The third kappa shape index (κ3) is 8.81. The number of nitrogens with zero attached hydrogens (tertiary/aromatic N) is 2. The number of thioether (sulfide) groups is 1. The second kappa shape index (κ2) is 12.9. The lowest BCUT2D eigenvalue weighted by atomic mass is 10.1. The van der Waals surface area contributed by atoms with Crippen molar-refractivity contribution in [1.82, 2.24) is 20.3 Å². The maximum Gasteiger partial charge on any atom is 0.264 e. The number of hydrogen-bond acceptors (Lipinski definition) is 5. The Balaban J connectivity index is 1.29. The first-order valence-corrected chi connectivity index (χ1v) is 12.1. The van der Waals surface area contributed by atoms with Gasteiger partial charge >= 0.3 is 0 Å². The predicted molar refractivity (Wildman–Crippen MR) is 129 cm³/mol. The van der Waals surface area contributed by atoms with Crippen LogP contribution in [0.1, 0.15) is 48.3 Å². The quantitative estimate of drug-likeness (QED) is 0.307. The molecule has 3 rings (SSSR count). The number of halogens is 1. The summed E-state index contributed by atoms with van der Waals surface area (Å²) in [5, 5.41) is 2.89. The summed E-state index contributed by atoms with van der Waals surface area (Å²) in [6, 6.07) is 10.5. The standard InChI is InChI=1S/C25H29FN4O2S/c1-18-7-8-20(15-28-18)14-23-29-16-22(25(32)30-23)33-17-24(31)27-13-5-3-2-4-6-19-9-11-21(26)12-10-19/h7-12,15-16H,2-6,13-14,17H2,1H3,(H,27,31)(H,29,30,32). The Morgan fingerprint density at radius 1 is 1.00 bits per heavy atom. The molecule has 0 aliphatic rings. The summed E-state index contributed by atoms with van der Waals surface area (Å²) in [6.07, 6.45) is 8.77. The van der Waals surface area contributed by atoms with E-state index in [1.807, 2.05) is 31.2 Å². The summed E-state index contributed by atoms with van der Waals surface area (Å²) in [4.78, 5) is 36.1. The monoisotopic (exact) mass is 468 g/mol. The molecule has 6 nitrogen and oxygen atoms in total. The van der Waals surface area contributed by atoms with Crippen molar-refractivity contribution >= 4 is 17.7 Å². The molecule has 8 heteroatoms. The predicted octanol–water partition coefficient (Wildman–Crippen LogP) is 4.21. The topological polar surface area (TPSA) is 87.7 Å². The van der Waals surface area contributed by atoms with Crippen LogP contribution >= 0.6 is 11.8 Å². The van der Waals surface area contributed by atoms with Gasteiger partial charge in [-0.15, -0.1) is 11.8 Å². The summed E-state index contributed by atoms with van der Waals surface area (Å²) in [7, 11) is 0. The van der Waals surface area contributed by atoms with Crippen molar-refractivity contribution in [3.05, 3.63) is 87.6 Å². The molecule has 0 bridgehead atoms. The van der Waals surface area contributed by atoms with Gasteiger partial charge in [0.05, 0.1) is 10.6 Å². The van der Waals surface area contributed by atoms with Crippen LogP contribution in [0.5, 0.6) is 0 Å². The zero-order valence-electron chi connectivity index (χ0n) is 18.8. The van der Waals surface area contributed by atoms with Gasteiger partial charge in [0, 0.05) is 31.1 Å². The van der Waals surface area contributed by atoms with Crippen molar-refractivity contribution in [2.75, 3.05) is 12.3 Å². The molecule has 0 unspecified atom stereocenters. The minimum atomic E-state index is -0.237. The van der Waals surface area contributed by atoms with Crippen LogP contribution in [0.25, 0.3) is 0 Å². The summed E-state index contributed by atoms with van der Waals surface area (Å²) >= 11 is 1.19. The average molecular weight is 469 g/mol. The number of aryl methyl sites for hydroxylation is 2. The molecule has 0 spiro atoms. The van der Waals surface area contributed by atoms with E-state index in [-0.39, 0.29) is 23.0 Å². The van der Waals surface area contributed by atoms with Crippen LogP contribution in [-0.4, -0.2) is 33.2 Å². The van der Waals surface area contributed by atoms with Crippen molar-refractivity contribution in [3.63, 3.8) is 0 Å². The molecular formula is C25H29FN4O2S. The first kappa shape index (κ1) is 24.6. The average Bonchev–Trinajstić information content (AvgIpc) is 2.80. The van der Waals surface area contributed by atoms with Gasteiger partial charge in [0.25, 0.3) is 5.56 Å². The van der Waals surface area contributed by atoms with E-state index in [0.717, 1.165) is 48.9 Å². The molecule has 3 aromatic rings. The number of H-pyrrole nitrogens is 1. The van der Waals surface area contributed by atoms with E-state index >= 15 is 0 Å². The number of amides is 1. The SMILES string of the molecule is Cc1ccc(Cc2ncc(SCC(=O)NCCCCCCc3ccc(F)cc3)c(=O)[nH]2)cn1. The highest BCUT2D eigenvalue weighted by atomic mass is 32.2. The van der Waals surface area contributed by atoms with Gasteiger partial charge in [0.15, 0.2) is 0 Å². The minimum absolute atomic E-state index is 0.0967. The smallest absolute Gasteiger partial charge is 0.264 e. The number of carbonyl (C=O) groups is 1. The van der Waals surface area contributed by atoms with Gasteiger partial charge in [-0.05, 0) is 55.5 Å². The largest absolute Gasteiger partial charge is 0.355 e. The highest BCUT2D eigenvalue weighted by Gasteiger charge is 2.08. The van der Waals surface area contributed by atoms with Crippen molar-refractivity contribution in [3.8, 4) is 0 Å². The number of rotatable bonds is 12. The maximum absolute atomic E-state index is 12.9. The molecule has 0 saturated heterocycles. The maximum atomic E-state index is 12.9. The van der Waals surface area contributed by atoms with Crippen LogP contribution < -0.4 is 10.9 Å². The van der Waals surface area contributed by atoms with Crippen molar-refractivity contribution in [2.45, 2.75) is 50.3 Å². The fourth-order valence-electron chi connectivity index (χ4n) is 3.29. The molecule has 2 N–H and O–H groups in total. The molecule has 174 valence electrons. The van der Waals surface area contributed by atoms with Crippen LogP contribution in [0.3, 0.4) is 0 Å². The Hall–Kier alpha value is -3.00. The third-order valence-electron chi connectivity index (χ3n) is 5.15. The zero-order chi connectivity index (χ0) is 23.5. The van der Waals surface area contributed by atoms with Crippen LogP contribution in [0.15, 0.2) is 58.5 Å². The molecule has 2 heterocycles. The second-order valence-corrected chi connectivity index (χ2v) is 8.95. The Morgan fingerprint density at radius 2 is 1.76 bits per heavy atom. The lowest BCUT2D eigenvalue weighted by molar-refractivity contribution is -0.118. The van der Waals surface area contributed by atoms with Gasteiger partial charge in [-0.25, -0.2) is 9.37 Å². The lowest BCUT2D eigenvalue weighted by Crippen LogP contribution is -2.26. The number of benzene rings is 1. The van der Waals surface area contributed by atoms with E-state index in [1.54, 1.807) is 6.20 Å². The fourth-order valence-corrected chi connectivity index (χ4v) is 3.99. The Kier molecular flexibility index (Phi) is 9.62. The molecule has 2 aromatic heterocycles. The van der Waals surface area contributed by atoms with E-state index in [4.69, 9.17) is 0 Å². The van der Waals surface area contributed by atoms with Gasteiger partial charge < -0.3 is 10.3 Å². The molecule has 0 aliphatic heterocycles. The molecule has 1 amide bonds. The van der Waals surface area contributed by atoms with Gasteiger partial charge in [-0.1, -0.05) is 31.0 Å². The summed E-state index contributed by atoms with van der Waals surface area (Å²) in [5.74, 6) is 0.442. The highest BCUT2D eigenvalue weighted by Crippen LogP contribution is 2.13. The first-order valence-electron chi connectivity index (χ1n) is 11.1. The third-order valence-corrected chi connectivity index (χ3v) is 6.16. The fraction of sp³-hybridized carbons (Fsp3) is 0.360. The summed E-state index contributed by atoms with van der Waals surface area (Å²) in [6.45, 7) is 2.54. The van der Waals surface area contributed by atoms with Gasteiger partial charge in [0.1, 0.15) is 11.6 Å². The zero-order valence-corrected chi connectivity index (χ0v) is 19.6. The Labute approximate surface area is 197 Å². The van der Waals surface area contributed by atoms with E-state index in [1.165, 1.54) is 30.1 Å². The van der Waals surface area contributed by atoms with Gasteiger partial charge in [-0.2, -0.15) is 0 Å². The van der Waals surface area contributed by atoms with Crippen molar-refractivity contribution in [1.29, 1.82) is 0 Å². The molecule has 0 aliphatic carbocycles. The second-order valence-electron chi connectivity index (χ2n) is 7.94. The molecule has 0 fully saturated rings. The van der Waals surface area contributed by atoms with E-state index in [0.29, 0.717) is 23.7 Å². The number of aromatic amines is 1. The number of aromatic nitrogens is 3. The number of unbranched alkanes of at least 4 members (excludes halogenated alkanes) is 3. The number of hydrogen-bond donors (Lipinski definition) is 2. The molecule has 0 saturated carbocycles. The Bertz CT molecular complexity index is 1080. The minimum Gasteiger partial charge on any atom is -0.355 e. The summed E-state index contributed by atoms with van der Waals surface area (Å²) in [5.41, 5.74) is 2.82. The van der Waals surface area contributed by atoms with E-state index in [9.17, 15) is 14.0 Å². The van der Waals surface area contributed by atoms with Crippen LogP contribution in [-0.2, 0) is 17.6 Å². The van der Waals surface area contributed by atoms with E-state index in [2.05, 4.69) is 20.3 Å². The van der Waals surface area contributed by atoms with Crippen LogP contribution in [0.4, 0.5) is 4.39 Å². The molecule has 0 atom stereocenters. The molecular weight excluding hydrogens is 439 g/mol. The molecule has 0 radical (unpaired) electrons. The summed E-state index contributed by atoms with van der Waals surface area (Å²) < 4.78 is 12.9. The normalized spacial score (nSPS) is 10.8. The molecule has 33 heavy (non-hydrogen) atoms.